The fourth-order valence-corrected chi connectivity index (χ4v) is 2.56. The number of allylic oxidation sites excluding steroid dienone is 1. The first-order valence-electron chi connectivity index (χ1n) is 4.73. The molecule has 0 heterocycles. The van der Waals surface area contributed by atoms with Gasteiger partial charge in [-0.3, -0.25) is 0 Å². The third kappa shape index (κ3) is 1.57. The molecule has 0 saturated carbocycles. The third-order valence-electron chi connectivity index (χ3n) is 3.12. The minimum Gasteiger partial charge on any atom is -0.147 e. The highest BCUT2D eigenvalue weighted by Crippen LogP contribution is 2.40. The van der Waals surface area contributed by atoms with Gasteiger partial charge in [-0.05, 0) is 41.9 Å². The van der Waals surface area contributed by atoms with E-state index in [1.54, 1.807) is 11.1 Å². The van der Waals surface area contributed by atoms with Crippen molar-refractivity contribution in [3.05, 3.63) is 41.0 Å². The van der Waals surface area contributed by atoms with Gasteiger partial charge in [0.1, 0.15) is 0 Å². The zero-order valence-electron chi connectivity index (χ0n) is 7.90. The molecule has 0 spiro atoms. The Kier molecular flexibility index (Phi) is 3.63. The summed E-state index contributed by atoms with van der Waals surface area (Å²) in [4.78, 5) is 0. The summed E-state index contributed by atoms with van der Waals surface area (Å²) in [6, 6.07) is 6.72. The van der Waals surface area contributed by atoms with Crippen molar-refractivity contribution in [2.75, 3.05) is 0 Å². The molecule has 1 unspecified atom stereocenters. The van der Waals surface area contributed by atoms with Gasteiger partial charge < -0.3 is 0 Å². The van der Waals surface area contributed by atoms with Crippen LogP contribution < -0.4 is 0 Å². The van der Waals surface area contributed by atoms with Gasteiger partial charge in [0.25, 0.3) is 0 Å². The monoisotopic (exact) mass is 228 g/mol. The average molecular weight is 229 g/mol. The van der Waals surface area contributed by atoms with E-state index < -0.39 is 0 Å². The van der Waals surface area contributed by atoms with Gasteiger partial charge in [0.2, 0.25) is 0 Å². The molecule has 14 heavy (non-hydrogen) atoms. The molecule has 1 aromatic rings. The van der Waals surface area contributed by atoms with Crippen molar-refractivity contribution in [3.8, 4) is 0 Å². The largest absolute Gasteiger partial charge is 0.147 e. The molecule has 1 atom stereocenters. The lowest BCUT2D eigenvalue weighted by atomic mass is 9.89. The predicted molar refractivity (Wildman–Crippen MR) is 65.7 cm³/mol. The summed E-state index contributed by atoms with van der Waals surface area (Å²) < 4.78 is 0. The van der Waals surface area contributed by atoms with Gasteiger partial charge in [-0.1, -0.05) is 30.4 Å². The number of hydrogen-bond donors (Lipinski definition) is 0. The van der Waals surface area contributed by atoms with Gasteiger partial charge in [0.15, 0.2) is 0 Å². The highest BCUT2D eigenvalue weighted by molar-refractivity contribution is 5.85. The molecule has 0 N–H and O–H groups in total. The Morgan fingerprint density at radius 2 is 2.00 bits per heavy atom. The van der Waals surface area contributed by atoms with E-state index in [1.807, 2.05) is 0 Å². The van der Waals surface area contributed by atoms with Crippen molar-refractivity contribution in [1.82, 2.24) is 0 Å². The van der Waals surface area contributed by atoms with Gasteiger partial charge in [0.05, 0.1) is 0 Å². The van der Waals surface area contributed by atoms with Crippen molar-refractivity contribution < 1.29 is 0 Å². The van der Waals surface area contributed by atoms with Crippen LogP contribution in [0, 0.1) is 0 Å². The molecule has 0 saturated heterocycles. The smallest absolute Gasteiger partial charge is 0.0115 e. The third-order valence-corrected chi connectivity index (χ3v) is 3.12. The minimum absolute atomic E-state index is 0. The second-order valence-corrected chi connectivity index (χ2v) is 3.79. The maximum Gasteiger partial charge on any atom is -0.0115 e. The van der Waals surface area contributed by atoms with E-state index in [0.29, 0.717) is 0 Å². The number of benzene rings is 1. The Morgan fingerprint density at radius 3 is 2.86 bits per heavy atom. The van der Waals surface area contributed by atoms with Crippen LogP contribution in [0.25, 0.3) is 6.08 Å². The summed E-state index contributed by atoms with van der Waals surface area (Å²) in [7, 11) is 0. The predicted octanol–water partition coefficient (Wildman–Crippen LogP) is 3.98. The first-order valence-corrected chi connectivity index (χ1v) is 4.73. The standard InChI is InChI=1S/C12H12.2ClH/c1-3-9-4-2-6-11-8-7-10(5-1)12(9)11;;/h1-5,11H,6-8H2;2*1H. The molecule has 3 rings (SSSR count). The van der Waals surface area contributed by atoms with Crippen LogP contribution in [0.1, 0.15) is 35.4 Å². The Bertz CT molecular complexity index is 355. The van der Waals surface area contributed by atoms with E-state index in [0.717, 1.165) is 5.92 Å². The van der Waals surface area contributed by atoms with Crippen LogP contribution in [0.2, 0.25) is 0 Å². The molecule has 2 heteroatoms. The van der Waals surface area contributed by atoms with Crippen LogP contribution in [0.15, 0.2) is 24.3 Å². The maximum absolute atomic E-state index is 2.32. The molecule has 0 fully saturated rings. The quantitative estimate of drug-likeness (QED) is 0.631. The number of aryl methyl sites for hydroxylation is 1. The Hall–Kier alpha value is -0.460. The first kappa shape index (κ1) is 11.6. The van der Waals surface area contributed by atoms with E-state index in [4.69, 9.17) is 0 Å². The summed E-state index contributed by atoms with van der Waals surface area (Å²) in [6.45, 7) is 0. The molecule has 2 aliphatic carbocycles. The van der Waals surface area contributed by atoms with Crippen LogP contribution in [0.5, 0.6) is 0 Å². The zero-order chi connectivity index (χ0) is 7.97. The minimum atomic E-state index is 0. The zero-order valence-corrected chi connectivity index (χ0v) is 9.53. The van der Waals surface area contributed by atoms with Crippen molar-refractivity contribution in [2.24, 2.45) is 0 Å². The first-order chi connectivity index (χ1) is 5.95. The van der Waals surface area contributed by atoms with Gasteiger partial charge in [-0.25, -0.2) is 0 Å². The number of rotatable bonds is 0. The lowest BCUT2D eigenvalue weighted by Gasteiger charge is -2.16. The fraction of sp³-hybridized carbons (Fsp3) is 0.333. The van der Waals surface area contributed by atoms with Gasteiger partial charge in [0, 0.05) is 0 Å². The molecule has 0 aromatic heterocycles. The van der Waals surface area contributed by atoms with Crippen LogP contribution in [0.4, 0.5) is 0 Å². The topological polar surface area (TPSA) is 0 Å². The summed E-state index contributed by atoms with van der Waals surface area (Å²) in [5, 5.41) is 0. The average Bonchev–Trinajstić information content (AvgIpc) is 2.52. The molecule has 0 amide bonds. The Morgan fingerprint density at radius 1 is 1.14 bits per heavy atom. The molecule has 0 radical (unpaired) electrons. The highest BCUT2D eigenvalue weighted by Gasteiger charge is 2.25. The summed E-state index contributed by atoms with van der Waals surface area (Å²) in [6.07, 6.45) is 8.54. The fourth-order valence-electron chi connectivity index (χ4n) is 2.56. The highest BCUT2D eigenvalue weighted by atomic mass is 35.5. The van der Waals surface area contributed by atoms with Crippen molar-refractivity contribution in [1.29, 1.82) is 0 Å². The van der Waals surface area contributed by atoms with Crippen molar-refractivity contribution in [2.45, 2.75) is 25.2 Å². The lowest BCUT2D eigenvalue weighted by Crippen LogP contribution is -1.98. The Balaban J connectivity index is 0.000000490. The summed E-state index contributed by atoms with van der Waals surface area (Å²) >= 11 is 0. The second kappa shape index (κ2) is 4.37. The van der Waals surface area contributed by atoms with E-state index in [9.17, 15) is 0 Å². The van der Waals surface area contributed by atoms with E-state index in [1.165, 1.54) is 24.8 Å². The van der Waals surface area contributed by atoms with Crippen molar-refractivity contribution >= 4 is 30.9 Å². The normalized spacial score (nSPS) is 20.7. The molecule has 1 aromatic carbocycles. The number of hydrogen-bond acceptors (Lipinski definition) is 0. The van der Waals surface area contributed by atoms with Crippen LogP contribution in [0.3, 0.4) is 0 Å². The Labute approximate surface area is 97.2 Å². The molecule has 2 aliphatic rings. The van der Waals surface area contributed by atoms with E-state index in [-0.39, 0.29) is 24.8 Å². The van der Waals surface area contributed by atoms with Crippen LogP contribution >= 0.6 is 24.8 Å². The lowest BCUT2D eigenvalue weighted by molar-refractivity contribution is 0.684. The second-order valence-electron chi connectivity index (χ2n) is 3.79. The SMILES string of the molecule is C1=Cc2cccc3c2C(C1)CC3.Cl.Cl. The van der Waals surface area contributed by atoms with Crippen molar-refractivity contribution in [3.63, 3.8) is 0 Å². The van der Waals surface area contributed by atoms with E-state index >= 15 is 0 Å². The summed E-state index contributed by atoms with van der Waals surface area (Å²) in [5.41, 5.74) is 4.73. The molecule has 0 aliphatic heterocycles. The summed E-state index contributed by atoms with van der Waals surface area (Å²) in [5.74, 6) is 0.848. The van der Waals surface area contributed by atoms with Gasteiger partial charge in [-0.15, -0.1) is 24.8 Å². The number of halogens is 2. The molecule has 0 nitrogen and oxygen atoms in total. The van der Waals surface area contributed by atoms with E-state index in [2.05, 4.69) is 30.4 Å². The maximum atomic E-state index is 2.32. The molecule has 76 valence electrons. The molecular weight excluding hydrogens is 215 g/mol. The van der Waals surface area contributed by atoms with Crippen LogP contribution in [-0.4, -0.2) is 0 Å². The van der Waals surface area contributed by atoms with Gasteiger partial charge >= 0.3 is 0 Å². The molecular formula is C12H14Cl2. The molecule has 0 bridgehead atoms. The van der Waals surface area contributed by atoms with Gasteiger partial charge in [-0.2, -0.15) is 0 Å². The van der Waals surface area contributed by atoms with Crippen LogP contribution in [-0.2, 0) is 6.42 Å².